The molecule has 1 aliphatic heterocycles. The molecule has 1 aliphatic rings. The summed E-state index contributed by atoms with van der Waals surface area (Å²) in [4.78, 5) is 22.6. The normalized spacial score (nSPS) is 14.8. The molecular weight excluding hydrogens is 366 g/mol. The van der Waals surface area contributed by atoms with Gasteiger partial charge in [-0.1, -0.05) is 23.7 Å². The van der Waals surface area contributed by atoms with Gasteiger partial charge in [-0.2, -0.15) is 0 Å². The molecule has 2 heterocycles. The molecule has 8 heteroatoms. The number of aromatic nitrogens is 2. The average molecular weight is 390 g/mol. The third-order valence-electron chi connectivity index (χ3n) is 4.65. The lowest BCUT2D eigenvalue weighted by atomic mass is 9.97. The van der Waals surface area contributed by atoms with Crippen molar-refractivity contribution in [2.75, 3.05) is 35.6 Å². The maximum Gasteiger partial charge on any atom is 0.309 e. The summed E-state index contributed by atoms with van der Waals surface area (Å²) in [6.07, 6.45) is 2.97. The van der Waals surface area contributed by atoms with Crippen molar-refractivity contribution in [1.29, 1.82) is 0 Å². The number of ether oxygens (including phenoxy) is 1. The van der Waals surface area contributed by atoms with E-state index in [1.165, 1.54) is 6.33 Å². The smallest absolute Gasteiger partial charge is 0.309 e. The standard InChI is InChI=1S/C19H24ClN5O2/c1-2-27-19(26)14-7-9-25(10-8-14)18-16(21)17(23-12-24-18)22-11-13-3-5-15(20)6-4-13/h3-6,12,14H,2,7-11,21H2,1H3,(H,22,23,24). The van der Waals surface area contributed by atoms with E-state index in [0.717, 1.165) is 18.4 Å². The van der Waals surface area contributed by atoms with Crippen LogP contribution in [0.25, 0.3) is 0 Å². The molecule has 0 atom stereocenters. The number of carbonyl (C=O) groups is 1. The minimum absolute atomic E-state index is 0.0493. The average Bonchev–Trinajstić information content (AvgIpc) is 2.69. The summed E-state index contributed by atoms with van der Waals surface area (Å²) < 4.78 is 5.12. The highest BCUT2D eigenvalue weighted by molar-refractivity contribution is 6.30. The van der Waals surface area contributed by atoms with E-state index in [1.807, 2.05) is 31.2 Å². The van der Waals surface area contributed by atoms with Gasteiger partial charge in [0.15, 0.2) is 11.6 Å². The van der Waals surface area contributed by atoms with Gasteiger partial charge in [-0.3, -0.25) is 4.79 Å². The number of anilines is 3. The van der Waals surface area contributed by atoms with E-state index in [2.05, 4.69) is 20.2 Å². The predicted octanol–water partition coefficient (Wildman–Crippen LogP) is 3.10. The number of hydrogen-bond acceptors (Lipinski definition) is 7. The van der Waals surface area contributed by atoms with Crippen molar-refractivity contribution in [2.24, 2.45) is 5.92 Å². The number of nitrogens with one attached hydrogen (secondary N) is 1. The van der Waals surface area contributed by atoms with Crippen molar-refractivity contribution in [3.63, 3.8) is 0 Å². The molecule has 1 aromatic heterocycles. The largest absolute Gasteiger partial charge is 0.466 e. The lowest BCUT2D eigenvalue weighted by Gasteiger charge is -2.32. The van der Waals surface area contributed by atoms with Gasteiger partial charge in [0, 0.05) is 24.7 Å². The number of nitrogens with zero attached hydrogens (tertiary/aromatic N) is 3. The minimum Gasteiger partial charge on any atom is -0.466 e. The zero-order valence-electron chi connectivity index (χ0n) is 15.3. The Bertz CT molecular complexity index is 776. The van der Waals surface area contributed by atoms with E-state index in [4.69, 9.17) is 22.1 Å². The maximum absolute atomic E-state index is 11.9. The molecule has 0 bridgehead atoms. The Morgan fingerprint density at radius 2 is 2.00 bits per heavy atom. The topological polar surface area (TPSA) is 93.4 Å². The molecule has 0 radical (unpaired) electrons. The van der Waals surface area contributed by atoms with Crippen molar-refractivity contribution in [3.05, 3.63) is 41.2 Å². The Hall–Kier alpha value is -2.54. The first-order valence-corrected chi connectivity index (χ1v) is 9.46. The van der Waals surface area contributed by atoms with E-state index in [1.54, 1.807) is 0 Å². The molecule has 1 saturated heterocycles. The molecule has 0 unspecified atom stereocenters. The Morgan fingerprint density at radius 3 is 2.67 bits per heavy atom. The predicted molar refractivity (Wildman–Crippen MR) is 107 cm³/mol. The van der Waals surface area contributed by atoms with Gasteiger partial charge in [0.1, 0.15) is 12.0 Å². The van der Waals surface area contributed by atoms with Gasteiger partial charge in [-0.25, -0.2) is 9.97 Å². The lowest BCUT2D eigenvalue weighted by Crippen LogP contribution is -2.38. The molecule has 0 saturated carbocycles. The first-order valence-electron chi connectivity index (χ1n) is 9.09. The van der Waals surface area contributed by atoms with Crippen LogP contribution in [0.3, 0.4) is 0 Å². The number of nitrogen functional groups attached to an aromatic ring is 1. The van der Waals surface area contributed by atoms with Crippen LogP contribution in [0.15, 0.2) is 30.6 Å². The summed E-state index contributed by atoms with van der Waals surface area (Å²) in [6, 6.07) is 7.60. The van der Waals surface area contributed by atoms with Gasteiger partial charge in [-0.05, 0) is 37.5 Å². The van der Waals surface area contributed by atoms with Crippen molar-refractivity contribution < 1.29 is 9.53 Å². The van der Waals surface area contributed by atoms with Gasteiger partial charge in [0.25, 0.3) is 0 Å². The van der Waals surface area contributed by atoms with Crippen molar-refractivity contribution in [3.8, 4) is 0 Å². The fourth-order valence-electron chi connectivity index (χ4n) is 3.15. The highest BCUT2D eigenvalue weighted by Crippen LogP contribution is 2.30. The Labute approximate surface area is 163 Å². The summed E-state index contributed by atoms with van der Waals surface area (Å²) >= 11 is 5.91. The van der Waals surface area contributed by atoms with E-state index >= 15 is 0 Å². The van der Waals surface area contributed by atoms with Crippen LogP contribution < -0.4 is 16.0 Å². The molecule has 3 rings (SSSR count). The summed E-state index contributed by atoms with van der Waals surface area (Å²) in [6.45, 7) is 4.25. The molecular formula is C19H24ClN5O2. The Kier molecular flexibility index (Phi) is 6.34. The molecule has 2 aromatic rings. The molecule has 0 aliphatic carbocycles. The van der Waals surface area contributed by atoms with Crippen LogP contribution in [-0.4, -0.2) is 35.6 Å². The molecule has 7 nitrogen and oxygen atoms in total. The highest BCUT2D eigenvalue weighted by atomic mass is 35.5. The van der Waals surface area contributed by atoms with Crippen LogP contribution in [0.4, 0.5) is 17.3 Å². The number of carbonyl (C=O) groups excluding carboxylic acids is 1. The first kappa shape index (κ1) is 19.2. The van der Waals surface area contributed by atoms with Crippen LogP contribution in [0.1, 0.15) is 25.3 Å². The monoisotopic (exact) mass is 389 g/mol. The van der Waals surface area contributed by atoms with Crippen LogP contribution in [0.5, 0.6) is 0 Å². The number of esters is 1. The third kappa shape index (κ3) is 4.80. The summed E-state index contributed by atoms with van der Waals surface area (Å²) in [7, 11) is 0. The summed E-state index contributed by atoms with van der Waals surface area (Å²) in [5.74, 6) is 1.14. The van der Waals surface area contributed by atoms with E-state index in [9.17, 15) is 4.79 Å². The van der Waals surface area contributed by atoms with Gasteiger partial charge in [0.05, 0.1) is 12.5 Å². The molecule has 27 heavy (non-hydrogen) atoms. The van der Waals surface area contributed by atoms with E-state index in [-0.39, 0.29) is 11.9 Å². The van der Waals surface area contributed by atoms with Crippen LogP contribution >= 0.6 is 11.6 Å². The van der Waals surface area contributed by atoms with Crippen molar-refractivity contribution in [1.82, 2.24) is 9.97 Å². The van der Waals surface area contributed by atoms with Crippen molar-refractivity contribution >= 4 is 34.9 Å². The number of piperidine rings is 1. The fourth-order valence-corrected chi connectivity index (χ4v) is 3.28. The second kappa shape index (κ2) is 8.90. The van der Waals surface area contributed by atoms with Gasteiger partial charge >= 0.3 is 5.97 Å². The van der Waals surface area contributed by atoms with Gasteiger partial charge < -0.3 is 20.7 Å². The molecule has 3 N–H and O–H groups in total. The second-order valence-electron chi connectivity index (χ2n) is 6.45. The molecule has 1 fully saturated rings. The fraction of sp³-hybridized carbons (Fsp3) is 0.421. The first-order chi connectivity index (χ1) is 13.1. The zero-order chi connectivity index (χ0) is 19.2. The molecule has 1 aromatic carbocycles. The third-order valence-corrected chi connectivity index (χ3v) is 4.90. The quantitative estimate of drug-likeness (QED) is 0.733. The summed E-state index contributed by atoms with van der Waals surface area (Å²) in [5, 5.41) is 3.95. The SMILES string of the molecule is CCOC(=O)C1CCN(c2ncnc(NCc3ccc(Cl)cc3)c2N)CC1. The van der Waals surface area contributed by atoms with Crippen molar-refractivity contribution in [2.45, 2.75) is 26.3 Å². The van der Waals surface area contributed by atoms with Gasteiger partial charge in [0.2, 0.25) is 0 Å². The maximum atomic E-state index is 11.9. The number of hydrogen-bond donors (Lipinski definition) is 2. The number of halogens is 1. The molecule has 0 amide bonds. The summed E-state index contributed by atoms with van der Waals surface area (Å²) in [5.41, 5.74) is 7.90. The lowest BCUT2D eigenvalue weighted by molar-refractivity contribution is -0.148. The van der Waals surface area contributed by atoms with Crippen LogP contribution in [0.2, 0.25) is 5.02 Å². The number of rotatable bonds is 6. The highest BCUT2D eigenvalue weighted by Gasteiger charge is 2.27. The van der Waals surface area contributed by atoms with Crippen LogP contribution in [0, 0.1) is 5.92 Å². The molecule has 0 spiro atoms. The molecule has 144 valence electrons. The number of nitrogens with two attached hydrogens (primary N) is 1. The van der Waals surface area contributed by atoms with Gasteiger partial charge in [-0.15, -0.1) is 0 Å². The second-order valence-corrected chi connectivity index (χ2v) is 6.89. The number of benzene rings is 1. The minimum atomic E-state index is -0.113. The zero-order valence-corrected chi connectivity index (χ0v) is 16.1. The van der Waals surface area contributed by atoms with Crippen LogP contribution in [-0.2, 0) is 16.1 Å². The Morgan fingerprint density at radius 1 is 1.30 bits per heavy atom. The van der Waals surface area contributed by atoms with E-state index in [0.29, 0.717) is 48.6 Å². The van der Waals surface area contributed by atoms with E-state index < -0.39 is 0 Å². The Balaban J connectivity index is 1.63.